The van der Waals surface area contributed by atoms with Crippen molar-refractivity contribution in [2.45, 2.75) is 38.1 Å². The molecule has 4 nitrogen and oxygen atoms in total. The van der Waals surface area contributed by atoms with Crippen molar-refractivity contribution in [1.29, 1.82) is 0 Å². The summed E-state index contributed by atoms with van der Waals surface area (Å²) in [5.74, 6) is 2.18. The van der Waals surface area contributed by atoms with Gasteiger partial charge in [-0.25, -0.2) is 0 Å². The van der Waals surface area contributed by atoms with Crippen molar-refractivity contribution in [2.24, 2.45) is 17.8 Å². The molecule has 4 unspecified atom stereocenters. The Morgan fingerprint density at radius 1 is 1.32 bits per heavy atom. The largest absolute Gasteiger partial charge is 0.381 e. The molecule has 4 atom stereocenters. The van der Waals surface area contributed by atoms with Gasteiger partial charge in [0.25, 0.3) is 0 Å². The molecule has 3 rings (SSSR count). The van der Waals surface area contributed by atoms with E-state index >= 15 is 0 Å². The van der Waals surface area contributed by atoms with Crippen molar-refractivity contribution in [2.75, 3.05) is 33.4 Å². The van der Waals surface area contributed by atoms with Gasteiger partial charge in [-0.15, -0.1) is 0 Å². The van der Waals surface area contributed by atoms with Crippen LogP contribution < -0.4 is 5.32 Å². The summed E-state index contributed by atoms with van der Waals surface area (Å²) in [6.07, 6.45) is 6.18. The molecule has 1 saturated carbocycles. The zero-order chi connectivity index (χ0) is 13.2. The van der Waals surface area contributed by atoms with E-state index in [2.05, 4.69) is 5.32 Å². The summed E-state index contributed by atoms with van der Waals surface area (Å²) >= 11 is 0. The van der Waals surface area contributed by atoms with Crippen LogP contribution in [0, 0.1) is 17.8 Å². The standard InChI is InChI=1S/C15H26N2O2/c1-17(9-11-4-3-7-19-10-11)15(18)14-13-6-2-5-12(13)8-16-14/h11-14,16H,2-10H2,1H3. The lowest BCUT2D eigenvalue weighted by molar-refractivity contribution is -0.134. The lowest BCUT2D eigenvalue weighted by Gasteiger charge is -2.30. The highest BCUT2D eigenvalue weighted by molar-refractivity contribution is 5.82. The molecule has 0 aromatic rings. The van der Waals surface area contributed by atoms with E-state index in [0.29, 0.717) is 17.7 Å². The van der Waals surface area contributed by atoms with Crippen LogP contribution in [-0.4, -0.2) is 50.2 Å². The molecule has 0 bridgehead atoms. The minimum absolute atomic E-state index is 0.0852. The maximum atomic E-state index is 12.6. The Labute approximate surface area is 115 Å². The molecular formula is C15H26N2O2. The number of hydrogen-bond acceptors (Lipinski definition) is 3. The zero-order valence-electron chi connectivity index (χ0n) is 11.9. The van der Waals surface area contributed by atoms with E-state index in [9.17, 15) is 4.79 Å². The molecule has 1 amide bonds. The number of likely N-dealkylation sites (N-methyl/N-ethyl adjacent to an activating group) is 1. The van der Waals surface area contributed by atoms with Crippen LogP contribution in [0.2, 0.25) is 0 Å². The topological polar surface area (TPSA) is 41.6 Å². The first-order chi connectivity index (χ1) is 9.25. The Kier molecular flexibility index (Phi) is 4.08. The third-order valence-corrected chi connectivity index (χ3v) is 5.17. The van der Waals surface area contributed by atoms with Gasteiger partial charge in [0.05, 0.1) is 12.6 Å². The molecule has 2 heterocycles. The number of amides is 1. The first kappa shape index (κ1) is 13.4. The van der Waals surface area contributed by atoms with Crippen molar-refractivity contribution in [1.82, 2.24) is 10.2 Å². The summed E-state index contributed by atoms with van der Waals surface area (Å²) in [6, 6.07) is 0.0852. The van der Waals surface area contributed by atoms with Gasteiger partial charge in [-0.3, -0.25) is 4.79 Å². The van der Waals surface area contributed by atoms with Gasteiger partial charge in [0.2, 0.25) is 5.91 Å². The highest BCUT2D eigenvalue weighted by Crippen LogP contribution is 2.38. The summed E-state index contributed by atoms with van der Waals surface area (Å²) in [7, 11) is 1.96. The van der Waals surface area contributed by atoms with Gasteiger partial charge in [0, 0.05) is 20.2 Å². The Morgan fingerprint density at radius 2 is 2.21 bits per heavy atom. The summed E-state index contributed by atoms with van der Waals surface area (Å²) in [5, 5.41) is 3.45. The van der Waals surface area contributed by atoms with E-state index in [4.69, 9.17) is 4.74 Å². The van der Waals surface area contributed by atoms with Crippen molar-refractivity contribution in [3.05, 3.63) is 0 Å². The second-order valence-corrected chi connectivity index (χ2v) is 6.54. The van der Waals surface area contributed by atoms with Crippen LogP contribution in [0.1, 0.15) is 32.1 Å². The second kappa shape index (κ2) is 5.80. The monoisotopic (exact) mass is 266 g/mol. The van der Waals surface area contributed by atoms with Crippen LogP contribution in [0.4, 0.5) is 0 Å². The van der Waals surface area contributed by atoms with Gasteiger partial charge in [-0.1, -0.05) is 6.42 Å². The van der Waals surface area contributed by atoms with E-state index in [1.165, 1.54) is 25.7 Å². The Balaban J connectivity index is 1.54. The Hall–Kier alpha value is -0.610. The summed E-state index contributed by atoms with van der Waals surface area (Å²) in [4.78, 5) is 14.5. The number of carbonyl (C=O) groups excluding carboxylic acids is 1. The normalized spacial score (nSPS) is 38.2. The smallest absolute Gasteiger partial charge is 0.239 e. The molecule has 4 heteroatoms. The summed E-state index contributed by atoms with van der Waals surface area (Å²) in [6.45, 7) is 3.61. The fourth-order valence-electron chi connectivity index (χ4n) is 4.12. The van der Waals surface area contributed by atoms with Crippen LogP contribution >= 0.6 is 0 Å². The van der Waals surface area contributed by atoms with Gasteiger partial charge in [0.1, 0.15) is 0 Å². The number of carbonyl (C=O) groups is 1. The Morgan fingerprint density at radius 3 is 3.00 bits per heavy atom. The van der Waals surface area contributed by atoms with E-state index in [1.807, 2.05) is 11.9 Å². The first-order valence-corrected chi connectivity index (χ1v) is 7.82. The summed E-state index contributed by atoms with van der Waals surface area (Å²) < 4.78 is 5.50. The predicted molar refractivity (Wildman–Crippen MR) is 73.8 cm³/mol. The van der Waals surface area contributed by atoms with Gasteiger partial charge < -0.3 is 15.0 Å². The van der Waals surface area contributed by atoms with Crippen LogP contribution in [0.5, 0.6) is 0 Å². The van der Waals surface area contributed by atoms with Crippen molar-refractivity contribution in [3.8, 4) is 0 Å². The molecule has 1 aliphatic carbocycles. The molecule has 2 saturated heterocycles. The van der Waals surface area contributed by atoms with Crippen molar-refractivity contribution in [3.63, 3.8) is 0 Å². The zero-order valence-corrected chi connectivity index (χ0v) is 11.9. The number of rotatable bonds is 3. The molecule has 0 spiro atoms. The number of nitrogens with zero attached hydrogens (tertiary/aromatic N) is 1. The van der Waals surface area contributed by atoms with Gasteiger partial charge in [-0.05, 0) is 50.0 Å². The molecule has 1 N–H and O–H groups in total. The predicted octanol–water partition coefficient (Wildman–Crippen LogP) is 1.26. The second-order valence-electron chi connectivity index (χ2n) is 6.54. The number of ether oxygens (including phenoxy) is 1. The Bertz CT molecular complexity index is 328. The third-order valence-electron chi connectivity index (χ3n) is 5.17. The lowest BCUT2D eigenvalue weighted by Crippen LogP contribution is -2.46. The van der Waals surface area contributed by atoms with Crippen LogP contribution in [0.25, 0.3) is 0 Å². The highest BCUT2D eigenvalue weighted by atomic mass is 16.5. The van der Waals surface area contributed by atoms with Crippen LogP contribution in [-0.2, 0) is 9.53 Å². The lowest BCUT2D eigenvalue weighted by atomic mass is 9.93. The molecule has 0 aromatic carbocycles. The molecule has 3 aliphatic rings. The maximum absolute atomic E-state index is 12.6. The highest BCUT2D eigenvalue weighted by Gasteiger charge is 2.43. The molecule has 108 valence electrons. The number of hydrogen-bond donors (Lipinski definition) is 1. The van der Waals surface area contributed by atoms with Crippen LogP contribution in [0.15, 0.2) is 0 Å². The van der Waals surface area contributed by atoms with E-state index in [0.717, 1.165) is 38.6 Å². The maximum Gasteiger partial charge on any atom is 0.239 e. The first-order valence-electron chi connectivity index (χ1n) is 7.82. The quantitative estimate of drug-likeness (QED) is 0.836. The average Bonchev–Trinajstić information content (AvgIpc) is 3.01. The minimum atomic E-state index is 0.0852. The molecule has 2 aliphatic heterocycles. The SMILES string of the molecule is CN(CC1CCCOC1)C(=O)C1NCC2CCCC21. The van der Waals surface area contributed by atoms with Crippen molar-refractivity contribution < 1.29 is 9.53 Å². The minimum Gasteiger partial charge on any atom is -0.381 e. The number of nitrogens with one attached hydrogen (secondary N) is 1. The van der Waals surface area contributed by atoms with Gasteiger partial charge in [-0.2, -0.15) is 0 Å². The molecule has 0 aromatic heterocycles. The van der Waals surface area contributed by atoms with Crippen LogP contribution in [0.3, 0.4) is 0 Å². The van der Waals surface area contributed by atoms with Crippen molar-refractivity contribution >= 4 is 5.91 Å². The van der Waals surface area contributed by atoms with E-state index in [-0.39, 0.29) is 6.04 Å². The van der Waals surface area contributed by atoms with E-state index in [1.54, 1.807) is 0 Å². The third kappa shape index (κ3) is 2.79. The van der Waals surface area contributed by atoms with Gasteiger partial charge >= 0.3 is 0 Å². The molecule has 3 fully saturated rings. The van der Waals surface area contributed by atoms with Gasteiger partial charge in [0.15, 0.2) is 0 Å². The van der Waals surface area contributed by atoms with E-state index < -0.39 is 0 Å². The average molecular weight is 266 g/mol. The molecule has 0 radical (unpaired) electrons. The summed E-state index contributed by atoms with van der Waals surface area (Å²) in [5.41, 5.74) is 0. The number of fused-ring (bicyclic) bond motifs is 1. The molecule has 19 heavy (non-hydrogen) atoms. The molecular weight excluding hydrogens is 240 g/mol. The fraction of sp³-hybridized carbons (Fsp3) is 0.933. The fourth-order valence-corrected chi connectivity index (χ4v) is 4.12.